The Bertz CT molecular complexity index is 578. The molecule has 0 radical (unpaired) electrons. The number of hydrogen-bond donors (Lipinski definition) is 0. The van der Waals surface area contributed by atoms with E-state index in [1.54, 1.807) is 6.07 Å². The molecule has 20 heavy (non-hydrogen) atoms. The number of aromatic nitrogens is 3. The Hall–Kier alpha value is -2.24. The van der Waals surface area contributed by atoms with Gasteiger partial charge in [-0.15, -0.1) is 0 Å². The SMILES string of the molecule is Cc1cnc(N2CCN(c3cccc(F)n3)CC2)nc1. The fraction of sp³-hybridized carbons (Fsp3) is 0.357. The van der Waals surface area contributed by atoms with Crippen LogP contribution in [0.1, 0.15) is 5.56 Å². The fourth-order valence-electron chi connectivity index (χ4n) is 2.26. The quantitative estimate of drug-likeness (QED) is 0.778. The minimum absolute atomic E-state index is 0.438. The van der Waals surface area contributed by atoms with E-state index >= 15 is 0 Å². The predicted octanol–water partition coefficient (Wildman–Crippen LogP) is 1.65. The molecule has 0 saturated carbocycles. The Labute approximate surface area is 117 Å². The number of nitrogens with zero attached hydrogens (tertiary/aromatic N) is 5. The van der Waals surface area contributed by atoms with Gasteiger partial charge in [-0.3, -0.25) is 0 Å². The van der Waals surface area contributed by atoms with Crippen molar-refractivity contribution >= 4 is 11.8 Å². The molecule has 0 N–H and O–H groups in total. The number of anilines is 2. The van der Waals surface area contributed by atoms with E-state index < -0.39 is 5.95 Å². The third-order valence-electron chi connectivity index (χ3n) is 3.35. The number of hydrogen-bond acceptors (Lipinski definition) is 5. The van der Waals surface area contributed by atoms with Crippen LogP contribution in [0.15, 0.2) is 30.6 Å². The molecule has 3 rings (SSSR count). The number of piperazine rings is 1. The van der Waals surface area contributed by atoms with Gasteiger partial charge in [-0.1, -0.05) is 6.07 Å². The molecule has 0 unspecified atom stereocenters. The van der Waals surface area contributed by atoms with Gasteiger partial charge in [0.15, 0.2) is 0 Å². The second kappa shape index (κ2) is 5.40. The first-order valence-electron chi connectivity index (χ1n) is 6.63. The van der Waals surface area contributed by atoms with Gasteiger partial charge in [0.2, 0.25) is 11.9 Å². The molecule has 0 amide bonds. The first-order chi connectivity index (χ1) is 9.72. The summed E-state index contributed by atoms with van der Waals surface area (Å²) in [5.74, 6) is 1.00. The summed E-state index contributed by atoms with van der Waals surface area (Å²) in [7, 11) is 0. The van der Waals surface area contributed by atoms with Crippen molar-refractivity contribution in [3.8, 4) is 0 Å². The minimum atomic E-state index is -0.438. The van der Waals surface area contributed by atoms with Crippen LogP contribution in [0.2, 0.25) is 0 Å². The summed E-state index contributed by atoms with van der Waals surface area (Å²) in [5.41, 5.74) is 1.05. The second-order valence-corrected chi connectivity index (χ2v) is 4.85. The van der Waals surface area contributed by atoms with E-state index in [1.807, 2.05) is 25.4 Å². The van der Waals surface area contributed by atoms with Crippen LogP contribution in [0, 0.1) is 12.9 Å². The van der Waals surface area contributed by atoms with Gasteiger partial charge < -0.3 is 9.80 Å². The van der Waals surface area contributed by atoms with Crippen LogP contribution in [0.4, 0.5) is 16.2 Å². The highest BCUT2D eigenvalue weighted by atomic mass is 19.1. The number of pyridine rings is 1. The van der Waals surface area contributed by atoms with E-state index in [2.05, 4.69) is 24.8 Å². The van der Waals surface area contributed by atoms with E-state index in [-0.39, 0.29) is 0 Å². The lowest BCUT2D eigenvalue weighted by atomic mass is 10.3. The first kappa shape index (κ1) is 12.8. The van der Waals surface area contributed by atoms with Crippen molar-refractivity contribution in [3.05, 3.63) is 42.1 Å². The lowest BCUT2D eigenvalue weighted by molar-refractivity contribution is 0.573. The Morgan fingerprint density at radius 1 is 1.00 bits per heavy atom. The van der Waals surface area contributed by atoms with Gasteiger partial charge in [0.25, 0.3) is 0 Å². The number of rotatable bonds is 2. The molecule has 2 aromatic rings. The predicted molar refractivity (Wildman–Crippen MR) is 75.4 cm³/mol. The fourth-order valence-corrected chi connectivity index (χ4v) is 2.26. The molecule has 1 saturated heterocycles. The van der Waals surface area contributed by atoms with Gasteiger partial charge in [0.05, 0.1) is 0 Å². The van der Waals surface area contributed by atoms with Crippen LogP contribution >= 0.6 is 0 Å². The van der Waals surface area contributed by atoms with Crippen molar-refractivity contribution in [1.29, 1.82) is 0 Å². The summed E-state index contributed by atoms with van der Waals surface area (Å²) in [6.45, 7) is 5.15. The third kappa shape index (κ3) is 2.68. The highest BCUT2D eigenvalue weighted by Crippen LogP contribution is 2.16. The van der Waals surface area contributed by atoms with Gasteiger partial charge in [-0.05, 0) is 24.6 Å². The van der Waals surface area contributed by atoms with Gasteiger partial charge in [0, 0.05) is 38.6 Å². The van der Waals surface area contributed by atoms with Gasteiger partial charge in [-0.25, -0.2) is 15.0 Å². The molecular weight excluding hydrogens is 257 g/mol. The maximum atomic E-state index is 13.1. The molecule has 2 aromatic heterocycles. The van der Waals surface area contributed by atoms with Crippen LogP contribution < -0.4 is 9.80 Å². The van der Waals surface area contributed by atoms with Crippen molar-refractivity contribution in [2.45, 2.75) is 6.92 Å². The summed E-state index contributed by atoms with van der Waals surface area (Å²) >= 11 is 0. The average Bonchev–Trinajstić information content (AvgIpc) is 2.48. The summed E-state index contributed by atoms with van der Waals surface area (Å²) in [4.78, 5) is 16.8. The number of halogens is 1. The lowest BCUT2D eigenvalue weighted by Gasteiger charge is -2.35. The van der Waals surface area contributed by atoms with E-state index in [0.29, 0.717) is 5.82 Å². The summed E-state index contributed by atoms with van der Waals surface area (Å²) in [5, 5.41) is 0. The zero-order valence-corrected chi connectivity index (χ0v) is 11.3. The van der Waals surface area contributed by atoms with Crippen molar-refractivity contribution in [2.75, 3.05) is 36.0 Å². The van der Waals surface area contributed by atoms with Crippen LogP contribution in [0.5, 0.6) is 0 Å². The summed E-state index contributed by atoms with van der Waals surface area (Å²) in [6.07, 6.45) is 3.64. The molecule has 104 valence electrons. The molecule has 3 heterocycles. The van der Waals surface area contributed by atoms with Crippen LogP contribution in [-0.4, -0.2) is 41.1 Å². The molecular formula is C14H16FN5. The number of aryl methyl sites for hydroxylation is 1. The van der Waals surface area contributed by atoms with Crippen LogP contribution in [0.3, 0.4) is 0 Å². The highest BCUT2D eigenvalue weighted by Gasteiger charge is 2.19. The van der Waals surface area contributed by atoms with Gasteiger partial charge in [0.1, 0.15) is 5.82 Å². The lowest BCUT2D eigenvalue weighted by Crippen LogP contribution is -2.47. The topological polar surface area (TPSA) is 45.2 Å². The molecule has 0 aliphatic carbocycles. The normalized spacial score (nSPS) is 15.5. The maximum Gasteiger partial charge on any atom is 0.225 e. The molecule has 1 aliphatic rings. The van der Waals surface area contributed by atoms with E-state index in [1.165, 1.54) is 6.07 Å². The largest absolute Gasteiger partial charge is 0.353 e. The Morgan fingerprint density at radius 2 is 1.65 bits per heavy atom. The zero-order chi connectivity index (χ0) is 13.9. The van der Waals surface area contributed by atoms with Crippen molar-refractivity contribution in [1.82, 2.24) is 15.0 Å². The van der Waals surface area contributed by atoms with Crippen molar-refractivity contribution < 1.29 is 4.39 Å². The minimum Gasteiger partial charge on any atom is -0.353 e. The molecule has 0 spiro atoms. The van der Waals surface area contributed by atoms with E-state index in [0.717, 1.165) is 37.7 Å². The molecule has 1 fully saturated rings. The molecule has 0 aromatic carbocycles. The molecule has 6 heteroatoms. The average molecular weight is 273 g/mol. The van der Waals surface area contributed by atoms with Crippen molar-refractivity contribution in [2.24, 2.45) is 0 Å². The molecule has 0 atom stereocenters. The third-order valence-corrected chi connectivity index (χ3v) is 3.35. The Kier molecular flexibility index (Phi) is 3.45. The maximum absolute atomic E-state index is 13.1. The summed E-state index contributed by atoms with van der Waals surface area (Å²) < 4.78 is 13.1. The molecule has 0 bridgehead atoms. The first-order valence-corrected chi connectivity index (χ1v) is 6.63. The molecule has 1 aliphatic heterocycles. The smallest absolute Gasteiger partial charge is 0.225 e. The van der Waals surface area contributed by atoms with Crippen molar-refractivity contribution in [3.63, 3.8) is 0 Å². The highest BCUT2D eigenvalue weighted by molar-refractivity contribution is 5.42. The monoisotopic (exact) mass is 273 g/mol. The van der Waals surface area contributed by atoms with Crippen LogP contribution in [0.25, 0.3) is 0 Å². The Morgan fingerprint density at radius 3 is 2.30 bits per heavy atom. The summed E-state index contributed by atoms with van der Waals surface area (Å²) in [6, 6.07) is 4.88. The Balaban J connectivity index is 1.66. The zero-order valence-electron chi connectivity index (χ0n) is 11.3. The van der Waals surface area contributed by atoms with E-state index in [4.69, 9.17) is 0 Å². The standard InChI is InChI=1S/C14H16FN5/c1-11-9-16-14(17-10-11)20-7-5-19(6-8-20)13-4-2-3-12(15)18-13/h2-4,9-10H,5-8H2,1H3. The van der Waals surface area contributed by atoms with Gasteiger partial charge >= 0.3 is 0 Å². The van der Waals surface area contributed by atoms with Gasteiger partial charge in [-0.2, -0.15) is 4.39 Å². The van der Waals surface area contributed by atoms with Crippen LogP contribution in [-0.2, 0) is 0 Å². The molecule has 5 nitrogen and oxygen atoms in total. The van der Waals surface area contributed by atoms with E-state index in [9.17, 15) is 4.39 Å². The second-order valence-electron chi connectivity index (χ2n) is 4.85.